The van der Waals surface area contributed by atoms with Gasteiger partial charge in [0.1, 0.15) is 5.01 Å². The second-order valence-electron chi connectivity index (χ2n) is 3.85. The van der Waals surface area contributed by atoms with Gasteiger partial charge in [0.05, 0.1) is 7.11 Å². The molecule has 0 fully saturated rings. The fourth-order valence-corrected chi connectivity index (χ4v) is 2.53. The van der Waals surface area contributed by atoms with Crippen molar-refractivity contribution in [2.24, 2.45) is 0 Å². The minimum Gasteiger partial charge on any atom is -0.464 e. The Balaban J connectivity index is 2.40. The lowest BCUT2D eigenvalue weighted by Crippen LogP contribution is -2.01. The van der Waals surface area contributed by atoms with Crippen molar-refractivity contribution in [3.05, 3.63) is 40.4 Å². The highest BCUT2D eigenvalue weighted by atomic mass is 32.1. The summed E-state index contributed by atoms with van der Waals surface area (Å²) < 4.78 is 4.64. The van der Waals surface area contributed by atoms with E-state index in [9.17, 15) is 4.79 Å². The lowest BCUT2D eigenvalue weighted by molar-refractivity contribution is 0.0595. The highest BCUT2D eigenvalue weighted by Gasteiger charge is 2.12. The maximum Gasteiger partial charge on any atom is 0.357 e. The van der Waals surface area contributed by atoms with Crippen LogP contribution in [0.15, 0.2) is 23.6 Å². The highest BCUT2D eigenvalue weighted by Crippen LogP contribution is 2.27. The van der Waals surface area contributed by atoms with Crippen LogP contribution in [0.1, 0.15) is 21.6 Å². The minimum atomic E-state index is -0.391. The highest BCUT2D eigenvalue weighted by molar-refractivity contribution is 7.13. The van der Waals surface area contributed by atoms with E-state index in [2.05, 4.69) is 22.7 Å². The molecule has 0 amide bonds. The molecule has 0 aliphatic carbocycles. The van der Waals surface area contributed by atoms with E-state index < -0.39 is 5.97 Å². The van der Waals surface area contributed by atoms with E-state index in [0.717, 1.165) is 16.1 Å². The second kappa shape index (κ2) is 4.67. The molecule has 17 heavy (non-hydrogen) atoms. The molecule has 1 heterocycles. The monoisotopic (exact) mass is 247 g/mol. The van der Waals surface area contributed by atoms with Gasteiger partial charge < -0.3 is 4.74 Å². The topological polar surface area (TPSA) is 39.2 Å². The average Bonchev–Trinajstić information content (AvgIpc) is 2.77. The minimum absolute atomic E-state index is 0.368. The molecule has 0 unspecified atom stereocenters. The molecule has 2 rings (SSSR count). The number of aryl methyl sites for hydroxylation is 2. The smallest absolute Gasteiger partial charge is 0.357 e. The summed E-state index contributed by atoms with van der Waals surface area (Å²) in [5.41, 5.74) is 3.81. The summed E-state index contributed by atoms with van der Waals surface area (Å²) in [6.45, 7) is 4.10. The zero-order valence-corrected chi connectivity index (χ0v) is 10.8. The van der Waals surface area contributed by atoms with Gasteiger partial charge in [-0.1, -0.05) is 23.8 Å². The molecule has 88 valence electrons. The number of ether oxygens (including phenoxy) is 1. The standard InChI is InChI=1S/C13H13NO2S/c1-8-4-5-10(9(2)6-8)12-14-11(7-17-12)13(15)16-3/h4-7H,1-3H3. The van der Waals surface area contributed by atoms with Crippen LogP contribution in [0.5, 0.6) is 0 Å². The van der Waals surface area contributed by atoms with E-state index in [-0.39, 0.29) is 0 Å². The van der Waals surface area contributed by atoms with Gasteiger partial charge in [0.25, 0.3) is 0 Å². The van der Waals surface area contributed by atoms with Crippen LogP contribution >= 0.6 is 11.3 Å². The first-order valence-electron chi connectivity index (χ1n) is 5.23. The molecule has 0 bridgehead atoms. The van der Waals surface area contributed by atoms with Crippen LogP contribution < -0.4 is 0 Å². The Bertz CT molecular complexity index is 560. The summed E-state index contributed by atoms with van der Waals surface area (Å²) in [5.74, 6) is -0.391. The van der Waals surface area contributed by atoms with Gasteiger partial charge in [-0.3, -0.25) is 0 Å². The summed E-state index contributed by atoms with van der Waals surface area (Å²) in [6, 6.07) is 6.18. The molecule has 4 heteroatoms. The molecule has 0 N–H and O–H groups in total. The third-order valence-corrected chi connectivity index (χ3v) is 3.39. The van der Waals surface area contributed by atoms with E-state index in [1.165, 1.54) is 24.0 Å². The van der Waals surface area contributed by atoms with Crippen molar-refractivity contribution in [2.75, 3.05) is 7.11 Å². The van der Waals surface area contributed by atoms with Crippen LogP contribution in [0.2, 0.25) is 0 Å². The van der Waals surface area contributed by atoms with Crippen molar-refractivity contribution in [3.63, 3.8) is 0 Å². The first kappa shape index (κ1) is 11.8. The van der Waals surface area contributed by atoms with Crippen LogP contribution in [0.4, 0.5) is 0 Å². The number of carbonyl (C=O) groups is 1. The Hall–Kier alpha value is -1.68. The number of hydrogen-bond donors (Lipinski definition) is 0. The zero-order valence-electron chi connectivity index (χ0n) is 9.98. The number of thiazole rings is 1. The molecule has 0 saturated heterocycles. The molecule has 3 nitrogen and oxygen atoms in total. The fourth-order valence-electron chi connectivity index (χ4n) is 1.65. The summed E-state index contributed by atoms with van der Waals surface area (Å²) in [4.78, 5) is 15.6. The first-order valence-corrected chi connectivity index (χ1v) is 6.11. The van der Waals surface area contributed by atoms with Gasteiger partial charge in [-0.15, -0.1) is 11.3 Å². The molecule has 0 aliphatic heterocycles. The lowest BCUT2D eigenvalue weighted by Gasteiger charge is -2.02. The largest absolute Gasteiger partial charge is 0.464 e. The van der Waals surface area contributed by atoms with Gasteiger partial charge in [0, 0.05) is 10.9 Å². The van der Waals surface area contributed by atoms with Crippen LogP contribution in [0.25, 0.3) is 10.6 Å². The molecule has 0 aliphatic rings. The molecular formula is C13H13NO2S. The predicted molar refractivity (Wildman–Crippen MR) is 68.4 cm³/mol. The SMILES string of the molecule is COC(=O)c1csc(-c2ccc(C)cc2C)n1. The molecule has 2 aromatic rings. The maximum atomic E-state index is 11.3. The number of hydrogen-bond acceptors (Lipinski definition) is 4. The van der Waals surface area contributed by atoms with E-state index in [4.69, 9.17) is 0 Å². The van der Waals surface area contributed by atoms with Crippen molar-refractivity contribution in [1.29, 1.82) is 0 Å². The van der Waals surface area contributed by atoms with Gasteiger partial charge in [0.2, 0.25) is 0 Å². The number of benzene rings is 1. The number of rotatable bonds is 2. The number of nitrogens with zero attached hydrogens (tertiary/aromatic N) is 1. The van der Waals surface area contributed by atoms with E-state index in [1.807, 2.05) is 19.1 Å². The van der Waals surface area contributed by atoms with Crippen molar-refractivity contribution >= 4 is 17.3 Å². The van der Waals surface area contributed by atoms with E-state index >= 15 is 0 Å². The van der Waals surface area contributed by atoms with Gasteiger partial charge in [-0.25, -0.2) is 9.78 Å². The number of aromatic nitrogens is 1. The lowest BCUT2D eigenvalue weighted by atomic mass is 10.1. The summed E-state index contributed by atoms with van der Waals surface area (Å²) in [5, 5.41) is 2.57. The van der Waals surface area contributed by atoms with Crippen molar-refractivity contribution in [2.45, 2.75) is 13.8 Å². The third kappa shape index (κ3) is 2.36. The molecule has 0 radical (unpaired) electrons. The Morgan fingerprint density at radius 3 is 2.76 bits per heavy atom. The average molecular weight is 247 g/mol. The molecule has 0 spiro atoms. The third-order valence-electron chi connectivity index (χ3n) is 2.51. The van der Waals surface area contributed by atoms with Gasteiger partial charge in [-0.2, -0.15) is 0 Å². The Morgan fingerprint density at radius 2 is 2.12 bits per heavy atom. The predicted octanol–water partition coefficient (Wildman–Crippen LogP) is 3.21. The summed E-state index contributed by atoms with van der Waals surface area (Å²) in [6.07, 6.45) is 0. The second-order valence-corrected chi connectivity index (χ2v) is 4.71. The van der Waals surface area contributed by atoms with Crippen LogP contribution in [-0.2, 0) is 4.74 Å². The quantitative estimate of drug-likeness (QED) is 0.765. The van der Waals surface area contributed by atoms with Gasteiger partial charge in [0.15, 0.2) is 5.69 Å². The van der Waals surface area contributed by atoms with Crippen LogP contribution in [0.3, 0.4) is 0 Å². The Kier molecular flexibility index (Phi) is 3.24. The van der Waals surface area contributed by atoms with Gasteiger partial charge in [-0.05, 0) is 19.4 Å². The molecule has 0 saturated carbocycles. The Morgan fingerprint density at radius 1 is 1.35 bits per heavy atom. The normalized spacial score (nSPS) is 10.3. The van der Waals surface area contributed by atoms with Gasteiger partial charge >= 0.3 is 5.97 Å². The number of methoxy groups -OCH3 is 1. The summed E-state index contributed by atoms with van der Waals surface area (Å²) in [7, 11) is 1.36. The summed E-state index contributed by atoms with van der Waals surface area (Å²) >= 11 is 1.45. The zero-order chi connectivity index (χ0) is 12.4. The Labute approximate surface area is 104 Å². The molecular weight excluding hydrogens is 234 g/mol. The van der Waals surface area contributed by atoms with E-state index in [0.29, 0.717) is 5.69 Å². The molecule has 1 aromatic carbocycles. The molecule has 0 atom stereocenters. The fraction of sp³-hybridized carbons (Fsp3) is 0.231. The van der Waals surface area contributed by atoms with E-state index in [1.54, 1.807) is 5.38 Å². The van der Waals surface area contributed by atoms with Crippen molar-refractivity contribution in [1.82, 2.24) is 4.98 Å². The number of esters is 1. The van der Waals surface area contributed by atoms with Crippen LogP contribution in [0, 0.1) is 13.8 Å². The van der Waals surface area contributed by atoms with Crippen molar-refractivity contribution in [3.8, 4) is 10.6 Å². The first-order chi connectivity index (χ1) is 8.11. The van der Waals surface area contributed by atoms with Crippen LogP contribution in [-0.4, -0.2) is 18.1 Å². The number of carbonyl (C=O) groups excluding carboxylic acids is 1. The maximum absolute atomic E-state index is 11.3. The molecule has 1 aromatic heterocycles. The van der Waals surface area contributed by atoms with Crippen molar-refractivity contribution < 1.29 is 9.53 Å².